The van der Waals surface area contributed by atoms with E-state index in [0.717, 1.165) is 30.2 Å². The van der Waals surface area contributed by atoms with Crippen LogP contribution in [0, 0.1) is 0 Å². The smallest absolute Gasteiger partial charge is 0.221 e. The van der Waals surface area contributed by atoms with Gasteiger partial charge in [-0.15, -0.1) is 12.4 Å². The molecule has 1 fully saturated rings. The lowest BCUT2D eigenvalue weighted by Crippen LogP contribution is -2.45. The molecule has 1 aromatic carbocycles. The SMILES string of the molecule is CC(C)(CNC(=O)CC1COCCN1)c1ccc2c(c1)OCCO2.Cl. The fourth-order valence-electron chi connectivity index (χ4n) is 2.93. The molecule has 2 heterocycles. The number of carbonyl (C=O) groups is 1. The zero-order valence-corrected chi connectivity index (χ0v) is 15.6. The lowest BCUT2D eigenvalue weighted by atomic mass is 9.84. The van der Waals surface area contributed by atoms with E-state index in [-0.39, 0.29) is 29.8 Å². The summed E-state index contributed by atoms with van der Waals surface area (Å²) in [6.07, 6.45) is 0.442. The van der Waals surface area contributed by atoms with Crippen molar-refractivity contribution in [3.05, 3.63) is 23.8 Å². The second kappa shape index (κ2) is 8.74. The number of morpholine rings is 1. The van der Waals surface area contributed by atoms with Crippen molar-refractivity contribution < 1.29 is 19.0 Å². The number of nitrogens with one attached hydrogen (secondary N) is 2. The van der Waals surface area contributed by atoms with E-state index in [1.165, 1.54) is 0 Å². The summed E-state index contributed by atoms with van der Waals surface area (Å²) in [4.78, 5) is 12.2. The molecule has 2 aliphatic rings. The summed E-state index contributed by atoms with van der Waals surface area (Å²) in [7, 11) is 0. The highest BCUT2D eigenvalue weighted by Gasteiger charge is 2.25. The van der Waals surface area contributed by atoms with Crippen LogP contribution in [0.25, 0.3) is 0 Å². The summed E-state index contributed by atoms with van der Waals surface area (Å²) in [5.74, 6) is 1.61. The summed E-state index contributed by atoms with van der Waals surface area (Å²) < 4.78 is 16.6. The van der Waals surface area contributed by atoms with Crippen LogP contribution in [0.1, 0.15) is 25.8 Å². The van der Waals surface area contributed by atoms with Gasteiger partial charge in [-0.25, -0.2) is 0 Å². The number of hydrogen-bond donors (Lipinski definition) is 2. The van der Waals surface area contributed by atoms with Crippen LogP contribution in [0.15, 0.2) is 18.2 Å². The van der Waals surface area contributed by atoms with Gasteiger partial charge in [-0.1, -0.05) is 19.9 Å². The second-order valence-corrected chi connectivity index (χ2v) is 6.95. The largest absolute Gasteiger partial charge is 0.486 e. The molecule has 1 unspecified atom stereocenters. The van der Waals surface area contributed by atoms with Crippen molar-refractivity contribution in [1.82, 2.24) is 10.6 Å². The third-order valence-electron chi connectivity index (χ3n) is 4.48. The minimum Gasteiger partial charge on any atom is -0.486 e. The first-order valence-electron chi connectivity index (χ1n) is 8.52. The van der Waals surface area contributed by atoms with Crippen LogP contribution in [0.4, 0.5) is 0 Å². The summed E-state index contributed by atoms with van der Waals surface area (Å²) in [6.45, 7) is 8.07. The molecule has 2 aliphatic heterocycles. The first-order valence-corrected chi connectivity index (χ1v) is 8.52. The average Bonchev–Trinajstić information content (AvgIpc) is 2.60. The van der Waals surface area contributed by atoms with Gasteiger partial charge in [0.1, 0.15) is 13.2 Å². The Morgan fingerprint density at radius 1 is 1.24 bits per heavy atom. The van der Waals surface area contributed by atoms with Crippen LogP contribution < -0.4 is 20.1 Å². The number of carbonyl (C=O) groups excluding carboxylic acids is 1. The minimum atomic E-state index is -0.192. The molecule has 2 N–H and O–H groups in total. The molecule has 1 atom stereocenters. The topological polar surface area (TPSA) is 68.8 Å². The third-order valence-corrected chi connectivity index (χ3v) is 4.48. The lowest BCUT2D eigenvalue weighted by Gasteiger charge is -2.28. The molecule has 140 valence electrons. The van der Waals surface area contributed by atoms with Crippen molar-refractivity contribution in [2.75, 3.05) is 39.5 Å². The Morgan fingerprint density at radius 2 is 2.00 bits per heavy atom. The molecular weight excluding hydrogens is 344 g/mol. The summed E-state index contributed by atoms with van der Waals surface area (Å²) in [6, 6.07) is 6.10. The van der Waals surface area contributed by atoms with Gasteiger partial charge in [-0.05, 0) is 17.7 Å². The van der Waals surface area contributed by atoms with E-state index in [9.17, 15) is 4.79 Å². The van der Waals surface area contributed by atoms with Crippen molar-refractivity contribution in [1.29, 1.82) is 0 Å². The van der Waals surface area contributed by atoms with Gasteiger partial charge < -0.3 is 24.8 Å². The zero-order valence-electron chi connectivity index (χ0n) is 14.8. The quantitative estimate of drug-likeness (QED) is 0.824. The molecule has 1 saturated heterocycles. The highest BCUT2D eigenvalue weighted by molar-refractivity contribution is 5.85. The predicted molar refractivity (Wildman–Crippen MR) is 97.9 cm³/mol. The van der Waals surface area contributed by atoms with E-state index in [1.54, 1.807) is 0 Å². The fourth-order valence-corrected chi connectivity index (χ4v) is 2.93. The average molecular weight is 371 g/mol. The Morgan fingerprint density at radius 3 is 2.72 bits per heavy atom. The van der Waals surface area contributed by atoms with Gasteiger partial charge in [0.25, 0.3) is 0 Å². The molecule has 0 spiro atoms. The van der Waals surface area contributed by atoms with Crippen molar-refractivity contribution in [3.63, 3.8) is 0 Å². The first-order chi connectivity index (χ1) is 11.5. The number of rotatable bonds is 5. The maximum atomic E-state index is 12.2. The molecule has 3 rings (SSSR count). The van der Waals surface area contributed by atoms with Crippen LogP contribution >= 0.6 is 12.4 Å². The van der Waals surface area contributed by atoms with Crippen molar-refractivity contribution in [3.8, 4) is 11.5 Å². The van der Waals surface area contributed by atoms with Gasteiger partial charge in [-0.3, -0.25) is 4.79 Å². The molecule has 0 aromatic heterocycles. The highest BCUT2D eigenvalue weighted by Crippen LogP contribution is 2.34. The number of amides is 1. The van der Waals surface area contributed by atoms with Gasteiger partial charge in [0, 0.05) is 31.0 Å². The standard InChI is InChI=1S/C18H26N2O4.ClH/c1-18(2,12-20-17(21)10-14-11-22-6-5-19-14)13-3-4-15-16(9-13)24-8-7-23-15;/h3-4,9,14,19H,5-8,10-12H2,1-2H3,(H,20,21);1H. The normalized spacial score (nSPS) is 19.7. The van der Waals surface area contributed by atoms with Crippen LogP contribution in [0.3, 0.4) is 0 Å². The minimum absolute atomic E-state index is 0. The Kier molecular flexibility index (Phi) is 6.93. The maximum absolute atomic E-state index is 12.2. The Labute approximate surface area is 155 Å². The van der Waals surface area contributed by atoms with E-state index in [2.05, 4.69) is 24.5 Å². The zero-order chi connectivity index (χ0) is 17.0. The molecule has 1 amide bonds. The van der Waals surface area contributed by atoms with Gasteiger partial charge in [-0.2, -0.15) is 0 Å². The van der Waals surface area contributed by atoms with Gasteiger partial charge in [0.2, 0.25) is 5.91 Å². The lowest BCUT2D eigenvalue weighted by molar-refractivity contribution is -0.122. The van der Waals surface area contributed by atoms with Gasteiger partial charge >= 0.3 is 0 Å². The molecule has 0 saturated carbocycles. The summed E-state index contributed by atoms with van der Waals surface area (Å²) in [5, 5.41) is 6.34. The van der Waals surface area contributed by atoms with Crippen LogP contribution in [0.2, 0.25) is 0 Å². The Balaban J connectivity index is 0.00000225. The van der Waals surface area contributed by atoms with Crippen molar-refractivity contribution in [2.45, 2.75) is 31.7 Å². The van der Waals surface area contributed by atoms with Crippen LogP contribution in [-0.2, 0) is 14.9 Å². The van der Waals surface area contributed by atoms with Crippen molar-refractivity contribution in [2.24, 2.45) is 0 Å². The Hall–Kier alpha value is -1.50. The Bertz CT molecular complexity index is 588. The van der Waals surface area contributed by atoms with Gasteiger partial charge in [0.05, 0.1) is 13.2 Å². The molecule has 6 nitrogen and oxygen atoms in total. The highest BCUT2D eigenvalue weighted by atomic mass is 35.5. The summed E-state index contributed by atoms with van der Waals surface area (Å²) >= 11 is 0. The van der Waals surface area contributed by atoms with Gasteiger partial charge in [0.15, 0.2) is 11.5 Å². The predicted octanol–water partition coefficient (Wildman–Crippen LogP) is 1.65. The van der Waals surface area contributed by atoms with E-state index in [4.69, 9.17) is 14.2 Å². The first kappa shape index (κ1) is 19.8. The molecule has 0 aliphatic carbocycles. The number of hydrogen-bond acceptors (Lipinski definition) is 5. The van der Waals surface area contributed by atoms with E-state index < -0.39 is 0 Å². The molecular formula is C18H27ClN2O4. The molecule has 0 radical (unpaired) electrons. The van der Waals surface area contributed by atoms with Crippen LogP contribution in [0.5, 0.6) is 11.5 Å². The number of fused-ring (bicyclic) bond motifs is 1. The number of halogens is 1. The van der Waals surface area contributed by atoms with Crippen molar-refractivity contribution >= 4 is 18.3 Å². The molecule has 25 heavy (non-hydrogen) atoms. The second-order valence-electron chi connectivity index (χ2n) is 6.95. The molecule has 0 bridgehead atoms. The fraction of sp³-hybridized carbons (Fsp3) is 0.611. The van der Waals surface area contributed by atoms with E-state index >= 15 is 0 Å². The number of benzene rings is 1. The summed E-state index contributed by atoms with van der Waals surface area (Å²) in [5.41, 5.74) is 0.924. The number of ether oxygens (including phenoxy) is 3. The molecule has 7 heteroatoms. The maximum Gasteiger partial charge on any atom is 0.221 e. The molecule has 1 aromatic rings. The third kappa shape index (κ3) is 5.23. The monoisotopic (exact) mass is 370 g/mol. The van der Waals surface area contributed by atoms with E-state index in [1.807, 2.05) is 18.2 Å². The van der Waals surface area contributed by atoms with E-state index in [0.29, 0.717) is 32.8 Å². The van der Waals surface area contributed by atoms with Crippen LogP contribution in [-0.4, -0.2) is 51.5 Å².